The quantitative estimate of drug-likeness (QED) is 0.710. The van der Waals surface area contributed by atoms with E-state index in [9.17, 15) is 13.2 Å². The van der Waals surface area contributed by atoms with Crippen LogP contribution >= 0.6 is 0 Å². The van der Waals surface area contributed by atoms with Crippen molar-refractivity contribution in [3.8, 4) is 0 Å². The highest BCUT2D eigenvalue weighted by Gasteiger charge is 2.27. The number of rotatable bonds is 4. The van der Waals surface area contributed by atoms with Gasteiger partial charge < -0.3 is 4.90 Å². The molecule has 0 aromatic heterocycles. The molecule has 0 saturated carbocycles. The molecule has 0 amide bonds. The minimum atomic E-state index is -2.49. The molecule has 0 saturated heterocycles. The van der Waals surface area contributed by atoms with Gasteiger partial charge in [0, 0.05) is 30.1 Å². The Bertz CT molecular complexity index is 675. The number of alkyl halides is 2. The van der Waals surface area contributed by atoms with Crippen LogP contribution in [0.25, 0.3) is 0 Å². The fourth-order valence-corrected chi connectivity index (χ4v) is 2.78. The van der Waals surface area contributed by atoms with Gasteiger partial charge in [-0.2, -0.15) is 0 Å². The van der Waals surface area contributed by atoms with Crippen molar-refractivity contribution < 1.29 is 13.2 Å². The largest absolute Gasteiger partial charge is 0.373 e. The van der Waals surface area contributed by atoms with Gasteiger partial charge in [-0.3, -0.25) is 4.99 Å². The number of halogens is 3. The van der Waals surface area contributed by atoms with Gasteiger partial charge in [0.25, 0.3) is 6.43 Å². The van der Waals surface area contributed by atoms with Crippen LogP contribution in [-0.2, 0) is 0 Å². The SMILES string of the molecule is CCC1C(C(F)F)=CC(/C(C)=N/c2ccc(F)cc2C)=CN1C. The lowest BCUT2D eigenvalue weighted by Crippen LogP contribution is -2.34. The number of hydrogen-bond acceptors (Lipinski definition) is 2. The number of aliphatic imine (C=N–C) groups is 1. The van der Waals surface area contributed by atoms with Crippen molar-refractivity contribution in [3.63, 3.8) is 0 Å². The van der Waals surface area contributed by atoms with E-state index in [1.165, 1.54) is 18.2 Å². The summed E-state index contributed by atoms with van der Waals surface area (Å²) in [6.07, 6.45) is 1.48. The second-order valence-corrected chi connectivity index (χ2v) is 5.75. The van der Waals surface area contributed by atoms with Crippen LogP contribution < -0.4 is 0 Å². The maximum Gasteiger partial charge on any atom is 0.262 e. The zero-order valence-electron chi connectivity index (χ0n) is 13.8. The molecule has 5 heteroatoms. The van der Waals surface area contributed by atoms with Crippen molar-refractivity contribution in [2.45, 2.75) is 39.7 Å². The topological polar surface area (TPSA) is 15.6 Å². The Hall–Kier alpha value is -2.04. The van der Waals surface area contributed by atoms with Crippen LogP contribution in [0.2, 0.25) is 0 Å². The molecule has 1 atom stereocenters. The van der Waals surface area contributed by atoms with Crippen molar-refractivity contribution >= 4 is 11.4 Å². The van der Waals surface area contributed by atoms with Gasteiger partial charge in [-0.05, 0) is 50.1 Å². The fourth-order valence-electron chi connectivity index (χ4n) is 2.78. The molecule has 2 rings (SSSR count). The zero-order chi connectivity index (χ0) is 17.1. The van der Waals surface area contributed by atoms with E-state index in [0.717, 1.165) is 0 Å². The summed E-state index contributed by atoms with van der Waals surface area (Å²) < 4.78 is 39.8. The van der Waals surface area contributed by atoms with Crippen LogP contribution in [0.4, 0.5) is 18.9 Å². The molecule has 1 aliphatic rings. The van der Waals surface area contributed by atoms with E-state index in [0.29, 0.717) is 29.0 Å². The van der Waals surface area contributed by atoms with E-state index >= 15 is 0 Å². The lowest BCUT2D eigenvalue weighted by atomic mass is 9.96. The molecule has 1 aromatic carbocycles. The molecule has 1 heterocycles. The van der Waals surface area contributed by atoms with E-state index in [2.05, 4.69) is 4.99 Å². The van der Waals surface area contributed by atoms with Gasteiger partial charge in [0.1, 0.15) is 5.82 Å². The van der Waals surface area contributed by atoms with E-state index in [1.54, 1.807) is 31.9 Å². The van der Waals surface area contributed by atoms with E-state index < -0.39 is 6.43 Å². The van der Waals surface area contributed by atoms with Gasteiger partial charge in [-0.15, -0.1) is 0 Å². The molecule has 1 aromatic rings. The molecule has 124 valence electrons. The molecule has 0 aliphatic carbocycles. The second-order valence-electron chi connectivity index (χ2n) is 5.75. The lowest BCUT2D eigenvalue weighted by Gasteiger charge is -2.32. The lowest BCUT2D eigenvalue weighted by molar-refractivity contribution is 0.162. The summed E-state index contributed by atoms with van der Waals surface area (Å²) in [7, 11) is 1.79. The molecule has 2 nitrogen and oxygen atoms in total. The third kappa shape index (κ3) is 3.84. The number of likely N-dealkylation sites (N-methyl/N-ethyl adjacent to an activating group) is 1. The third-order valence-electron chi connectivity index (χ3n) is 4.04. The van der Waals surface area contributed by atoms with Crippen molar-refractivity contribution in [3.05, 3.63) is 53.0 Å². The molecule has 0 N–H and O–H groups in total. The average Bonchev–Trinajstić information content (AvgIpc) is 2.49. The first-order valence-electron chi connectivity index (χ1n) is 7.58. The Kier molecular flexibility index (Phi) is 5.29. The molecule has 0 bridgehead atoms. The van der Waals surface area contributed by atoms with Gasteiger partial charge in [0.05, 0.1) is 11.7 Å². The van der Waals surface area contributed by atoms with Crippen molar-refractivity contribution in [2.75, 3.05) is 7.05 Å². The van der Waals surface area contributed by atoms with E-state index in [4.69, 9.17) is 0 Å². The molecule has 1 aliphatic heterocycles. The number of aryl methyl sites for hydroxylation is 1. The van der Waals surface area contributed by atoms with Gasteiger partial charge in [0.2, 0.25) is 0 Å². The number of benzene rings is 1. The fraction of sp³-hybridized carbons (Fsp3) is 0.389. The Morgan fingerprint density at radius 2 is 2.04 bits per heavy atom. The van der Waals surface area contributed by atoms with Crippen molar-refractivity contribution in [2.24, 2.45) is 4.99 Å². The van der Waals surface area contributed by atoms with Crippen LogP contribution in [0.5, 0.6) is 0 Å². The third-order valence-corrected chi connectivity index (χ3v) is 4.04. The summed E-state index contributed by atoms with van der Waals surface area (Å²) in [4.78, 5) is 6.27. The predicted octanol–water partition coefficient (Wildman–Crippen LogP) is 5.03. The van der Waals surface area contributed by atoms with Crippen LogP contribution in [0.3, 0.4) is 0 Å². The zero-order valence-corrected chi connectivity index (χ0v) is 13.8. The highest BCUT2D eigenvalue weighted by molar-refractivity contribution is 6.02. The molecule has 1 unspecified atom stereocenters. The Morgan fingerprint density at radius 3 is 2.61 bits per heavy atom. The maximum absolute atomic E-state index is 13.3. The normalized spacial score (nSPS) is 19.0. The first-order valence-corrected chi connectivity index (χ1v) is 7.58. The number of hydrogen-bond donors (Lipinski definition) is 0. The van der Waals surface area contributed by atoms with E-state index in [-0.39, 0.29) is 17.4 Å². The Labute approximate surface area is 135 Å². The summed E-state index contributed by atoms with van der Waals surface area (Å²) in [6.45, 7) is 5.43. The van der Waals surface area contributed by atoms with Crippen LogP contribution in [0.1, 0.15) is 25.8 Å². The van der Waals surface area contributed by atoms with Crippen LogP contribution in [0.15, 0.2) is 46.6 Å². The van der Waals surface area contributed by atoms with Crippen LogP contribution in [0, 0.1) is 12.7 Å². The smallest absolute Gasteiger partial charge is 0.262 e. The first kappa shape index (κ1) is 17.3. The summed E-state index contributed by atoms with van der Waals surface area (Å²) >= 11 is 0. The Morgan fingerprint density at radius 1 is 1.35 bits per heavy atom. The molecule has 0 radical (unpaired) electrons. The van der Waals surface area contributed by atoms with Gasteiger partial charge >= 0.3 is 0 Å². The summed E-state index contributed by atoms with van der Waals surface area (Å²) in [5.74, 6) is -0.318. The van der Waals surface area contributed by atoms with Gasteiger partial charge in [0.15, 0.2) is 0 Å². The van der Waals surface area contributed by atoms with Gasteiger partial charge in [-0.25, -0.2) is 13.2 Å². The molecule has 0 spiro atoms. The maximum atomic E-state index is 13.3. The summed E-state index contributed by atoms with van der Waals surface area (Å²) in [5, 5.41) is 0. The van der Waals surface area contributed by atoms with Crippen molar-refractivity contribution in [1.82, 2.24) is 4.90 Å². The summed E-state index contributed by atoms with van der Waals surface area (Å²) in [6, 6.07) is 4.04. The molecule has 0 fully saturated rings. The van der Waals surface area contributed by atoms with Gasteiger partial charge in [-0.1, -0.05) is 6.92 Å². The first-order chi connectivity index (χ1) is 10.8. The molecular formula is C18H21F3N2. The molecular weight excluding hydrogens is 301 g/mol. The summed E-state index contributed by atoms with van der Waals surface area (Å²) in [5.41, 5.74) is 2.73. The molecule has 23 heavy (non-hydrogen) atoms. The Balaban J connectivity index is 2.38. The number of nitrogens with zero attached hydrogens (tertiary/aromatic N) is 2. The highest BCUT2D eigenvalue weighted by Crippen LogP contribution is 2.28. The predicted molar refractivity (Wildman–Crippen MR) is 87.9 cm³/mol. The monoisotopic (exact) mass is 322 g/mol. The highest BCUT2D eigenvalue weighted by atomic mass is 19.3. The van der Waals surface area contributed by atoms with Crippen LogP contribution in [-0.4, -0.2) is 30.1 Å². The minimum absolute atomic E-state index is 0.109. The second kappa shape index (κ2) is 7.02. The van der Waals surface area contributed by atoms with E-state index in [1.807, 2.05) is 13.1 Å². The number of allylic oxidation sites excluding steroid dienone is 2. The minimum Gasteiger partial charge on any atom is -0.373 e. The average molecular weight is 322 g/mol. The standard InChI is InChI=1S/C18H21F3N2/c1-5-17-15(18(20)21)9-13(10-23(17)4)12(3)22-16-7-6-14(19)8-11(16)2/h6-10,17-18H,5H2,1-4H3/b22-12+. The van der Waals surface area contributed by atoms with Crippen molar-refractivity contribution in [1.29, 1.82) is 0 Å².